The van der Waals surface area contributed by atoms with Crippen molar-refractivity contribution in [1.29, 1.82) is 0 Å². The Morgan fingerprint density at radius 1 is 1.09 bits per heavy atom. The third-order valence-electron chi connectivity index (χ3n) is 3.43. The molecular weight excluding hydrogens is 307 g/mol. The number of benzene rings is 2. The van der Waals surface area contributed by atoms with Gasteiger partial charge in [0.05, 0.1) is 17.7 Å². The minimum absolute atomic E-state index is 0.105. The summed E-state index contributed by atoms with van der Waals surface area (Å²) in [6.07, 6.45) is -5.46. The Bertz CT molecular complexity index is 671. The van der Waals surface area contributed by atoms with E-state index in [1.165, 1.54) is 12.1 Å². The smallest absolute Gasteiger partial charge is 0.386 e. The number of aliphatic hydroxyl groups excluding tert-OH is 1. The molecule has 2 atom stereocenters. The Morgan fingerprint density at radius 2 is 1.74 bits per heavy atom. The summed E-state index contributed by atoms with van der Waals surface area (Å²) < 4.78 is 38.0. The van der Waals surface area contributed by atoms with Crippen molar-refractivity contribution < 1.29 is 23.1 Å². The van der Waals surface area contributed by atoms with Crippen LogP contribution in [0.1, 0.15) is 34.5 Å². The fraction of sp³-hybridized carbons (Fsp3) is 0.235. The summed E-state index contributed by atoms with van der Waals surface area (Å²) in [7, 11) is 0. The van der Waals surface area contributed by atoms with E-state index in [-0.39, 0.29) is 5.56 Å². The third kappa shape index (κ3) is 4.32. The maximum atomic E-state index is 12.7. The average molecular weight is 323 g/mol. The fourth-order valence-electron chi connectivity index (χ4n) is 2.14. The second kappa shape index (κ2) is 6.83. The third-order valence-corrected chi connectivity index (χ3v) is 3.43. The summed E-state index contributed by atoms with van der Waals surface area (Å²) in [5.74, 6) is -0.668. The van der Waals surface area contributed by atoms with Crippen LogP contribution in [0.2, 0.25) is 0 Å². The van der Waals surface area contributed by atoms with Crippen LogP contribution in [0.25, 0.3) is 0 Å². The summed E-state index contributed by atoms with van der Waals surface area (Å²) in [5.41, 5.74) is -0.377. The van der Waals surface area contributed by atoms with E-state index in [9.17, 15) is 23.1 Å². The summed E-state index contributed by atoms with van der Waals surface area (Å²) in [5, 5.41) is 12.7. The molecule has 0 saturated carbocycles. The van der Waals surface area contributed by atoms with Crippen LogP contribution in [0.4, 0.5) is 13.2 Å². The summed E-state index contributed by atoms with van der Waals surface area (Å²) in [6.45, 7) is 1.59. The van der Waals surface area contributed by atoms with Gasteiger partial charge in [0.25, 0.3) is 5.91 Å². The maximum Gasteiger partial charge on any atom is 0.416 e. The normalized spacial score (nSPS) is 14.1. The standard InChI is InChI=1S/C17H16F3NO2/c1-11(15(22)12-6-3-2-4-7-12)21-16(23)13-8-5-9-14(10-13)17(18,19)20/h2-11,15,22H,1H3,(H,21,23)/t11-,15+/m0/s1. The SMILES string of the molecule is C[C@H](NC(=O)c1cccc(C(F)(F)F)c1)[C@@H](O)c1ccccc1. The van der Waals surface area contributed by atoms with Gasteiger partial charge in [-0.2, -0.15) is 13.2 Å². The molecule has 0 aliphatic carbocycles. The van der Waals surface area contributed by atoms with E-state index in [4.69, 9.17) is 0 Å². The van der Waals surface area contributed by atoms with Gasteiger partial charge in [-0.1, -0.05) is 36.4 Å². The Kier molecular flexibility index (Phi) is 5.05. The lowest BCUT2D eigenvalue weighted by Crippen LogP contribution is -2.37. The Hall–Kier alpha value is -2.34. The number of rotatable bonds is 4. The average Bonchev–Trinajstić information content (AvgIpc) is 2.54. The number of hydrogen-bond acceptors (Lipinski definition) is 2. The van der Waals surface area contributed by atoms with E-state index in [0.29, 0.717) is 5.56 Å². The molecule has 2 N–H and O–H groups in total. The molecule has 2 aromatic rings. The minimum Gasteiger partial charge on any atom is -0.386 e. The van der Waals surface area contributed by atoms with Crippen LogP contribution in [0.5, 0.6) is 0 Å². The number of alkyl halides is 3. The van der Waals surface area contributed by atoms with E-state index in [1.807, 2.05) is 0 Å². The highest BCUT2D eigenvalue weighted by atomic mass is 19.4. The molecule has 23 heavy (non-hydrogen) atoms. The van der Waals surface area contributed by atoms with Crippen molar-refractivity contribution in [1.82, 2.24) is 5.32 Å². The second-order valence-electron chi connectivity index (χ2n) is 5.20. The number of amides is 1. The molecule has 0 radical (unpaired) electrons. The van der Waals surface area contributed by atoms with Crippen LogP contribution < -0.4 is 5.32 Å². The van der Waals surface area contributed by atoms with Gasteiger partial charge in [-0.25, -0.2) is 0 Å². The maximum absolute atomic E-state index is 12.7. The molecule has 2 aromatic carbocycles. The first-order valence-corrected chi connectivity index (χ1v) is 7.00. The van der Waals surface area contributed by atoms with Crippen LogP contribution in [-0.4, -0.2) is 17.1 Å². The van der Waals surface area contributed by atoms with Crippen molar-refractivity contribution in [3.63, 3.8) is 0 Å². The molecule has 0 aliphatic heterocycles. The van der Waals surface area contributed by atoms with E-state index in [2.05, 4.69) is 5.32 Å². The molecule has 0 spiro atoms. The first-order chi connectivity index (χ1) is 10.8. The highest BCUT2D eigenvalue weighted by Gasteiger charge is 2.31. The van der Waals surface area contributed by atoms with Gasteiger partial charge in [-0.15, -0.1) is 0 Å². The molecular formula is C17H16F3NO2. The van der Waals surface area contributed by atoms with Crippen LogP contribution in [0, 0.1) is 0 Å². The summed E-state index contributed by atoms with van der Waals surface area (Å²) >= 11 is 0. The van der Waals surface area contributed by atoms with Crippen molar-refractivity contribution in [3.8, 4) is 0 Å². The molecule has 6 heteroatoms. The van der Waals surface area contributed by atoms with Crippen LogP contribution >= 0.6 is 0 Å². The molecule has 0 unspecified atom stereocenters. The van der Waals surface area contributed by atoms with Crippen molar-refractivity contribution in [2.45, 2.75) is 25.2 Å². The zero-order chi connectivity index (χ0) is 17.0. The van der Waals surface area contributed by atoms with Crippen molar-refractivity contribution >= 4 is 5.91 Å². The van der Waals surface area contributed by atoms with Gasteiger partial charge in [0, 0.05) is 5.56 Å². The number of carbonyl (C=O) groups is 1. The predicted molar refractivity (Wildman–Crippen MR) is 79.8 cm³/mol. The Labute approximate surface area is 131 Å². The van der Waals surface area contributed by atoms with E-state index in [0.717, 1.165) is 12.1 Å². The lowest BCUT2D eigenvalue weighted by molar-refractivity contribution is -0.137. The number of carbonyl (C=O) groups excluding carboxylic acids is 1. The fourth-order valence-corrected chi connectivity index (χ4v) is 2.14. The lowest BCUT2D eigenvalue weighted by atomic mass is 10.0. The Balaban J connectivity index is 2.10. The van der Waals surface area contributed by atoms with E-state index < -0.39 is 29.8 Å². The number of halogens is 3. The topological polar surface area (TPSA) is 49.3 Å². The highest BCUT2D eigenvalue weighted by molar-refractivity contribution is 5.94. The summed E-state index contributed by atoms with van der Waals surface area (Å²) in [4.78, 5) is 12.1. The lowest BCUT2D eigenvalue weighted by Gasteiger charge is -2.21. The highest BCUT2D eigenvalue weighted by Crippen LogP contribution is 2.29. The molecule has 1 amide bonds. The molecule has 0 heterocycles. The van der Waals surface area contributed by atoms with Crippen molar-refractivity contribution in [2.75, 3.05) is 0 Å². The summed E-state index contributed by atoms with van der Waals surface area (Å²) in [6, 6.07) is 12.2. The first-order valence-electron chi connectivity index (χ1n) is 7.00. The molecule has 2 rings (SSSR count). The quantitative estimate of drug-likeness (QED) is 0.904. The van der Waals surface area contributed by atoms with Gasteiger partial charge >= 0.3 is 6.18 Å². The van der Waals surface area contributed by atoms with Gasteiger partial charge in [0.2, 0.25) is 0 Å². The van der Waals surface area contributed by atoms with Gasteiger partial charge in [-0.05, 0) is 30.7 Å². The molecule has 3 nitrogen and oxygen atoms in total. The number of aliphatic hydroxyl groups is 1. The van der Waals surface area contributed by atoms with Gasteiger partial charge in [0.15, 0.2) is 0 Å². The Morgan fingerprint density at radius 3 is 2.35 bits per heavy atom. The minimum atomic E-state index is -4.51. The van der Waals surface area contributed by atoms with Crippen LogP contribution in [0.15, 0.2) is 54.6 Å². The predicted octanol–water partition coefficient (Wildman–Crippen LogP) is 3.56. The molecule has 0 aliphatic rings. The van der Waals surface area contributed by atoms with Crippen molar-refractivity contribution in [2.24, 2.45) is 0 Å². The molecule has 0 bridgehead atoms. The second-order valence-corrected chi connectivity index (χ2v) is 5.20. The molecule has 0 fully saturated rings. The van der Waals surface area contributed by atoms with E-state index >= 15 is 0 Å². The van der Waals surface area contributed by atoms with Gasteiger partial charge in [0.1, 0.15) is 0 Å². The first kappa shape index (κ1) is 17.0. The number of nitrogens with one attached hydrogen (secondary N) is 1. The number of hydrogen-bond donors (Lipinski definition) is 2. The molecule has 0 saturated heterocycles. The van der Waals surface area contributed by atoms with Crippen molar-refractivity contribution in [3.05, 3.63) is 71.3 Å². The van der Waals surface area contributed by atoms with Crippen LogP contribution in [0.3, 0.4) is 0 Å². The van der Waals surface area contributed by atoms with Crippen LogP contribution in [-0.2, 0) is 6.18 Å². The van der Waals surface area contributed by atoms with Gasteiger partial charge in [-0.3, -0.25) is 4.79 Å². The molecule has 122 valence electrons. The monoisotopic (exact) mass is 323 g/mol. The largest absolute Gasteiger partial charge is 0.416 e. The zero-order valence-corrected chi connectivity index (χ0v) is 12.3. The molecule has 0 aromatic heterocycles. The van der Waals surface area contributed by atoms with E-state index in [1.54, 1.807) is 37.3 Å². The van der Waals surface area contributed by atoms with Gasteiger partial charge < -0.3 is 10.4 Å². The zero-order valence-electron chi connectivity index (χ0n) is 12.3.